The average Bonchev–Trinajstić information content (AvgIpc) is 3.32. The summed E-state index contributed by atoms with van der Waals surface area (Å²) in [6.45, 7) is 12.5. The van der Waals surface area contributed by atoms with Crippen LogP contribution in [-0.4, -0.2) is 5.97 Å². The lowest BCUT2D eigenvalue weighted by atomic mass is 9.98. The summed E-state index contributed by atoms with van der Waals surface area (Å²) in [7, 11) is 0. The minimum atomic E-state index is -0.343. The summed E-state index contributed by atoms with van der Waals surface area (Å²) in [4.78, 5) is 12.2. The van der Waals surface area contributed by atoms with Crippen molar-refractivity contribution in [3.8, 4) is 61.4 Å². The first kappa shape index (κ1) is 43.5. The summed E-state index contributed by atoms with van der Waals surface area (Å²) >= 11 is 0. The van der Waals surface area contributed by atoms with Gasteiger partial charge in [-0.2, -0.15) is 0 Å². The second-order valence-corrected chi connectivity index (χ2v) is 16.3. The van der Waals surface area contributed by atoms with E-state index in [1.165, 1.54) is 72.3 Å². The fourth-order valence-corrected chi connectivity index (χ4v) is 7.03. The van der Waals surface area contributed by atoms with Gasteiger partial charge in [-0.05, 0) is 128 Å². The SMILES string of the molecule is Cc1ccc(-c2ccc(-c3ccc(C)cc3)cc2)cc1.Cc1ccc(-c2cccc(-c3ccc(C)cc3)c2)cc1.Cc1ccc(OC(=O)c2ccc(-c3ccc(C)cc3)cc2)cc1. The summed E-state index contributed by atoms with van der Waals surface area (Å²) in [6, 6.07) is 75.4. The number of hydrogen-bond acceptors (Lipinski definition) is 2. The molecule has 0 aliphatic heterocycles. The highest BCUT2D eigenvalue weighted by molar-refractivity contribution is 5.91. The number of hydrogen-bond donors (Lipinski definition) is 0. The summed E-state index contributed by atoms with van der Waals surface area (Å²) in [5.41, 5.74) is 20.4. The van der Waals surface area contributed by atoms with Gasteiger partial charge in [0.15, 0.2) is 0 Å². The molecule has 0 aliphatic rings. The van der Waals surface area contributed by atoms with Gasteiger partial charge in [-0.25, -0.2) is 4.79 Å². The van der Waals surface area contributed by atoms with Gasteiger partial charge in [-0.15, -0.1) is 0 Å². The van der Waals surface area contributed by atoms with Gasteiger partial charge < -0.3 is 4.74 Å². The van der Waals surface area contributed by atoms with E-state index in [0.717, 1.165) is 16.7 Å². The maximum atomic E-state index is 12.2. The van der Waals surface area contributed by atoms with Crippen molar-refractivity contribution in [1.82, 2.24) is 0 Å². The van der Waals surface area contributed by atoms with Crippen LogP contribution in [-0.2, 0) is 0 Å². The van der Waals surface area contributed by atoms with Gasteiger partial charge in [0.2, 0.25) is 0 Å². The second-order valence-electron chi connectivity index (χ2n) is 16.3. The molecule has 310 valence electrons. The zero-order valence-corrected chi connectivity index (χ0v) is 37.1. The summed E-state index contributed by atoms with van der Waals surface area (Å²) in [6.07, 6.45) is 0. The molecule has 2 nitrogen and oxygen atoms in total. The van der Waals surface area contributed by atoms with Crippen LogP contribution >= 0.6 is 0 Å². The van der Waals surface area contributed by atoms with Crippen LogP contribution in [0.3, 0.4) is 0 Å². The molecule has 63 heavy (non-hydrogen) atoms. The highest BCUT2D eigenvalue weighted by atomic mass is 16.5. The van der Waals surface area contributed by atoms with E-state index in [1.807, 2.05) is 31.2 Å². The topological polar surface area (TPSA) is 26.3 Å². The monoisotopic (exact) mass is 818 g/mol. The third-order valence-electron chi connectivity index (χ3n) is 11.0. The normalized spacial score (nSPS) is 10.4. The molecule has 0 radical (unpaired) electrons. The van der Waals surface area contributed by atoms with Gasteiger partial charge in [0, 0.05) is 0 Å². The maximum Gasteiger partial charge on any atom is 0.343 e. The Morgan fingerprint density at radius 2 is 0.492 bits per heavy atom. The molecule has 0 unspecified atom stereocenters. The van der Waals surface area contributed by atoms with Crippen molar-refractivity contribution in [2.24, 2.45) is 0 Å². The Hall–Kier alpha value is -7.55. The molecular weight excluding hydrogens is 765 g/mol. The van der Waals surface area contributed by atoms with Gasteiger partial charge in [0.1, 0.15) is 5.75 Å². The predicted octanol–water partition coefficient (Wildman–Crippen LogP) is 16.5. The highest BCUT2D eigenvalue weighted by Crippen LogP contribution is 2.28. The number of aryl methyl sites for hydroxylation is 6. The van der Waals surface area contributed by atoms with E-state index in [1.54, 1.807) is 24.3 Å². The van der Waals surface area contributed by atoms with Gasteiger partial charge in [-0.3, -0.25) is 0 Å². The molecule has 0 fully saturated rings. The van der Waals surface area contributed by atoms with Gasteiger partial charge in [-0.1, -0.05) is 221 Å². The average molecular weight is 819 g/mol. The molecule has 0 amide bonds. The van der Waals surface area contributed by atoms with E-state index in [4.69, 9.17) is 4.74 Å². The van der Waals surface area contributed by atoms with Crippen molar-refractivity contribution in [2.45, 2.75) is 41.5 Å². The van der Waals surface area contributed by atoms with Crippen LogP contribution in [0.2, 0.25) is 0 Å². The molecule has 0 saturated heterocycles. The summed E-state index contributed by atoms with van der Waals surface area (Å²) in [5.74, 6) is 0.215. The largest absolute Gasteiger partial charge is 0.423 e. The molecule has 0 saturated carbocycles. The van der Waals surface area contributed by atoms with Crippen molar-refractivity contribution in [2.75, 3.05) is 0 Å². The van der Waals surface area contributed by atoms with Crippen LogP contribution in [0, 0.1) is 41.5 Å². The van der Waals surface area contributed by atoms with Crippen molar-refractivity contribution in [1.29, 1.82) is 0 Å². The van der Waals surface area contributed by atoms with Crippen molar-refractivity contribution < 1.29 is 9.53 Å². The van der Waals surface area contributed by atoms with E-state index in [2.05, 4.69) is 204 Å². The molecule has 2 heteroatoms. The third kappa shape index (κ3) is 12.3. The first-order chi connectivity index (χ1) is 30.6. The van der Waals surface area contributed by atoms with Crippen molar-refractivity contribution in [3.05, 3.63) is 257 Å². The Bertz CT molecular complexity index is 2710. The number of carbonyl (C=O) groups is 1. The van der Waals surface area contributed by atoms with Crippen LogP contribution in [0.4, 0.5) is 0 Å². The fraction of sp³-hybridized carbons (Fsp3) is 0.0984. The molecule has 0 aliphatic carbocycles. The zero-order chi connectivity index (χ0) is 44.1. The van der Waals surface area contributed by atoms with Crippen LogP contribution in [0.15, 0.2) is 218 Å². The quantitative estimate of drug-likeness (QED) is 0.118. The highest BCUT2D eigenvalue weighted by Gasteiger charge is 2.09. The molecule has 9 aromatic carbocycles. The molecule has 9 rings (SSSR count). The van der Waals surface area contributed by atoms with Crippen LogP contribution in [0.1, 0.15) is 43.7 Å². The summed E-state index contributed by atoms with van der Waals surface area (Å²) in [5, 5.41) is 0. The van der Waals surface area contributed by atoms with Crippen LogP contribution in [0.5, 0.6) is 5.75 Å². The first-order valence-corrected chi connectivity index (χ1v) is 21.5. The van der Waals surface area contributed by atoms with E-state index >= 15 is 0 Å². The van der Waals surface area contributed by atoms with Gasteiger partial charge in [0.25, 0.3) is 0 Å². The Balaban J connectivity index is 0.000000142. The van der Waals surface area contributed by atoms with E-state index < -0.39 is 0 Å². The minimum absolute atomic E-state index is 0.343. The number of ether oxygens (including phenoxy) is 1. The first-order valence-electron chi connectivity index (χ1n) is 21.5. The molecule has 9 aromatic rings. The number of rotatable bonds is 7. The standard InChI is InChI=1S/C21H18O2.2C20H18/c1-15-3-7-17(8-4-15)18-9-11-19(12-10-18)21(22)23-20-13-5-16(2)6-14-20;1-15-3-7-17(8-4-15)19-11-13-20(14-12-19)18-9-5-16(2)6-10-18;1-15-6-10-17(11-7-15)19-4-3-5-20(14-19)18-12-8-16(2)9-13-18/h3-14H,1-2H3;2*3-14H,1-2H3. The summed E-state index contributed by atoms with van der Waals surface area (Å²) < 4.78 is 5.38. The number of benzene rings is 9. The van der Waals surface area contributed by atoms with E-state index in [-0.39, 0.29) is 5.97 Å². The van der Waals surface area contributed by atoms with E-state index in [9.17, 15) is 4.79 Å². The molecule has 0 bridgehead atoms. The van der Waals surface area contributed by atoms with Crippen molar-refractivity contribution in [3.63, 3.8) is 0 Å². The second kappa shape index (κ2) is 20.8. The lowest BCUT2D eigenvalue weighted by Gasteiger charge is -2.07. The molecule has 0 heterocycles. The molecular formula is C61H54O2. The lowest BCUT2D eigenvalue weighted by molar-refractivity contribution is 0.0734. The van der Waals surface area contributed by atoms with Gasteiger partial charge in [0.05, 0.1) is 5.56 Å². The molecule has 0 N–H and O–H groups in total. The molecule has 0 atom stereocenters. The Labute approximate surface area is 374 Å². The Morgan fingerprint density at radius 3 is 0.778 bits per heavy atom. The third-order valence-corrected chi connectivity index (χ3v) is 11.0. The fourth-order valence-electron chi connectivity index (χ4n) is 7.03. The smallest absolute Gasteiger partial charge is 0.343 e. The Kier molecular flexibility index (Phi) is 14.4. The lowest BCUT2D eigenvalue weighted by Crippen LogP contribution is -2.08. The van der Waals surface area contributed by atoms with Crippen LogP contribution in [0.25, 0.3) is 55.6 Å². The number of esters is 1. The van der Waals surface area contributed by atoms with Gasteiger partial charge >= 0.3 is 5.97 Å². The minimum Gasteiger partial charge on any atom is -0.423 e. The zero-order valence-electron chi connectivity index (χ0n) is 37.1. The van der Waals surface area contributed by atoms with Crippen LogP contribution < -0.4 is 4.74 Å². The molecule has 0 spiro atoms. The molecule has 0 aromatic heterocycles. The van der Waals surface area contributed by atoms with Crippen molar-refractivity contribution >= 4 is 5.97 Å². The number of carbonyl (C=O) groups excluding carboxylic acids is 1. The van der Waals surface area contributed by atoms with E-state index in [0.29, 0.717) is 11.3 Å². The Morgan fingerprint density at radius 1 is 0.270 bits per heavy atom. The predicted molar refractivity (Wildman–Crippen MR) is 266 cm³/mol. The maximum absolute atomic E-state index is 12.2.